The van der Waals surface area contributed by atoms with Gasteiger partial charge in [-0.05, 0) is 38.1 Å². The highest BCUT2D eigenvalue weighted by Crippen LogP contribution is 2.31. The summed E-state index contributed by atoms with van der Waals surface area (Å²) in [5.41, 5.74) is 1.66. The number of ether oxygens (including phenoxy) is 1. The fourth-order valence-electron chi connectivity index (χ4n) is 2.82. The maximum atomic E-state index is 12.4. The number of hydrogen-bond acceptors (Lipinski definition) is 8. The number of carbonyl (C=O) groups is 2. The number of carbonyl (C=O) groups excluding carboxylic acids is 2. The van der Waals surface area contributed by atoms with Crippen molar-refractivity contribution in [2.75, 3.05) is 11.1 Å². The van der Waals surface area contributed by atoms with Crippen LogP contribution in [0.3, 0.4) is 0 Å². The minimum absolute atomic E-state index is 0.0695. The van der Waals surface area contributed by atoms with Crippen LogP contribution in [0, 0.1) is 13.8 Å². The smallest absolute Gasteiger partial charge is 0.338 e. The SMILES string of the molecule is Cc1cc(-c2nnc(COC(=O)c3ccc4c(c3)NC(=O)CCS4)o2)c(C)o1. The first-order valence-corrected chi connectivity index (χ1v) is 9.62. The average molecular weight is 399 g/mol. The lowest BCUT2D eigenvalue weighted by atomic mass is 10.2. The maximum Gasteiger partial charge on any atom is 0.338 e. The summed E-state index contributed by atoms with van der Waals surface area (Å²) in [6.07, 6.45) is 0.439. The number of anilines is 1. The van der Waals surface area contributed by atoms with Gasteiger partial charge in [-0.3, -0.25) is 4.79 Å². The highest BCUT2D eigenvalue weighted by molar-refractivity contribution is 7.99. The van der Waals surface area contributed by atoms with Crippen LogP contribution in [0.1, 0.15) is 34.2 Å². The summed E-state index contributed by atoms with van der Waals surface area (Å²) in [7, 11) is 0. The summed E-state index contributed by atoms with van der Waals surface area (Å²) in [6, 6.07) is 6.89. The van der Waals surface area contributed by atoms with Gasteiger partial charge in [-0.15, -0.1) is 22.0 Å². The number of aromatic nitrogens is 2. The van der Waals surface area contributed by atoms with Crippen molar-refractivity contribution >= 4 is 29.3 Å². The third-order valence-electron chi connectivity index (χ3n) is 4.14. The largest absolute Gasteiger partial charge is 0.466 e. The van der Waals surface area contributed by atoms with Crippen molar-refractivity contribution in [3.05, 3.63) is 47.2 Å². The standard InChI is InChI=1S/C19H17N3O5S/c1-10-7-13(11(2)26-10)18-22-21-17(27-18)9-25-19(24)12-3-4-15-14(8-12)20-16(23)5-6-28-15/h3-4,7-8H,5-6,9H2,1-2H3,(H,20,23). The van der Waals surface area contributed by atoms with E-state index in [1.165, 1.54) is 0 Å². The van der Waals surface area contributed by atoms with Gasteiger partial charge in [0.15, 0.2) is 6.61 Å². The third-order valence-corrected chi connectivity index (χ3v) is 5.22. The number of fused-ring (bicyclic) bond motifs is 1. The van der Waals surface area contributed by atoms with Crippen LogP contribution in [0.25, 0.3) is 11.5 Å². The number of amides is 1. The van der Waals surface area contributed by atoms with Gasteiger partial charge >= 0.3 is 5.97 Å². The van der Waals surface area contributed by atoms with Gasteiger partial charge in [0, 0.05) is 17.1 Å². The molecule has 1 aromatic carbocycles. The summed E-state index contributed by atoms with van der Waals surface area (Å²) in [4.78, 5) is 25.0. The summed E-state index contributed by atoms with van der Waals surface area (Å²) >= 11 is 1.57. The van der Waals surface area contributed by atoms with Crippen LogP contribution in [0.15, 0.2) is 38.0 Å². The van der Waals surface area contributed by atoms with E-state index in [2.05, 4.69) is 15.5 Å². The zero-order valence-corrected chi connectivity index (χ0v) is 16.1. The molecule has 0 fully saturated rings. The Bertz CT molecular complexity index is 1060. The van der Waals surface area contributed by atoms with Gasteiger partial charge in [0.2, 0.25) is 5.91 Å². The Morgan fingerprint density at radius 3 is 2.89 bits per heavy atom. The summed E-state index contributed by atoms with van der Waals surface area (Å²) in [6.45, 7) is 3.48. The third kappa shape index (κ3) is 3.79. The van der Waals surface area contributed by atoms with Crippen LogP contribution >= 0.6 is 11.8 Å². The molecule has 8 nitrogen and oxygen atoms in total. The van der Waals surface area contributed by atoms with E-state index in [-0.39, 0.29) is 18.4 Å². The van der Waals surface area contributed by atoms with Crippen molar-refractivity contribution in [1.29, 1.82) is 0 Å². The van der Waals surface area contributed by atoms with Gasteiger partial charge in [-0.1, -0.05) is 0 Å². The second-order valence-corrected chi connectivity index (χ2v) is 7.40. The monoisotopic (exact) mass is 399 g/mol. The van der Waals surface area contributed by atoms with Crippen LogP contribution in [0.5, 0.6) is 0 Å². The molecule has 3 aromatic rings. The van der Waals surface area contributed by atoms with Crippen molar-refractivity contribution in [2.24, 2.45) is 0 Å². The van der Waals surface area contributed by atoms with E-state index in [0.29, 0.717) is 40.6 Å². The Morgan fingerprint density at radius 2 is 2.11 bits per heavy atom. The summed E-state index contributed by atoms with van der Waals surface area (Å²) in [5, 5.41) is 10.7. The Balaban J connectivity index is 1.44. The molecule has 0 bridgehead atoms. The van der Waals surface area contributed by atoms with Crippen molar-refractivity contribution in [3.63, 3.8) is 0 Å². The Labute approximate surface area is 164 Å². The van der Waals surface area contributed by atoms with Crippen LogP contribution in [0.2, 0.25) is 0 Å². The molecule has 144 valence electrons. The Morgan fingerprint density at radius 1 is 1.25 bits per heavy atom. The van der Waals surface area contributed by atoms with E-state index in [0.717, 1.165) is 10.7 Å². The van der Waals surface area contributed by atoms with Gasteiger partial charge in [0.05, 0.1) is 16.8 Å². The molecule has 0 atom stereocenters. The first kappa shape index (κ1) is 18.3. The quantitative estimate of drug-likeness (QED) is 0.661. The molecule has 0 saturated heterocycles. The fourth-order valence-corrected chi connectivity index (χ4v) is 3.76. The van der Waals surface area contributed by atoms with Crippen LogP contribution < -0.4 is 5.32 Å². The van der Waals surface area contributed by atoms with Crippen molar-refractivity contribution in [3.8, 4) is 11.5 Å². The van der Waals surface area contributed by atoms with Crippen LogP contribution in [-0.4, -0.2) is 27.8 Å². The molecule has 1 aliphatic heterocycles. The van der Waals surface area contributed by atoms with Crippen molar-refractivity contribution in [1.82, 2.24) is 10.2 Å². The number of furan rings is 1. The highest BCUT2D eigenvalue weighted by atomic mass is 32.2. The molecule has 1 amide bonds. The predicted octanol–water partition coefficient (Wildman–Crippen LogP) is 3.74. The number of thioether (sulfide) groups is 1. The van der Waals surface area contributed by atoms with Gasteiger partial charge in [0.25, 0.3) is 11.8 Å². The first-order valence-electron chi connectivity index (χ1n) is 8.63. The zero-order chi connectivity index (χ0) is 19.7. The molecule has 0 spiro atoms. The molecule has 0 unspecified atom stereocenters. The predicted molar refractivity (Wildman–Crippen MR) is 101 cm³/mol. The normalized spacial score (nSPS) is 13.6. The Kier molecular flexibility index (Phi) is 4.91. The van der Waals surface area contributed by atoms with Crippen molar-refractivity contribution in [2.45, 2.75) is 31.8 Å². The molecule has 4 rings (SSSR count). The lowest BCUT2D eigenvalue weighted by Crippen LogP contribution is -2.11. The lowest BCUT2D eigenvalue weighted by molar-refractivity contribution is -0.115. The maximum absolute atomic E-state index is 12.4. The van der Waals surface area contributed by atoms with E-state index in [4.69, 9.17) is 13.6 Å². The number of aryl methyl sites for hydroxylation is 2. The summed E-state index contributed by atoms with van der Waals surface area (Å²) in [5.74, 6) is 2.01. The van der Waals surface area contributed by atoms with E-state index < -0.39 is 5.97 Å². The minimum atomic E-state index is -0.540. The number of rotatable bonds is 4. The summed E-state index contributed by atoms with van der Waals surface area (Å²) < 4.78 is 16.3. The van der Waals surface area contributed by atoms with Crippen LogP contribution in [-0.2, 0) is 16.1 Å². The lowest BCUT2D eigenvalue weighted by Gasteiger charge is -2.08. The number of esters is 1. The zero-order valence-electron chi connectivity index (χ0n) is 15.3. The molecule has 2 aromatic heterocycles. The Hall–Kier alpha value is -3.07. The molecule has 3 heterocycles. The van der Waals surface area contributed by atoms with E-state index in [1.54, 1.807) is 36.0 Å². The molecular formula is C19H17N3O5S. The highest BCUT2D eigenvalue weighted by Gasteiger charge is 2.18. The topological polar surface area (TPSA) is 107 Å². The number of hydrogen-bond donors (Lipinski definition) is 1. The molecule has 0 saturated carbocycles. The molecule has 9 heteroatoms. The van der Waals surface area contributed by atoms with Gasteiger partial charge in [0.1, 0.15) is 11.5 Å². The second-order valence-electron chi connectivity index (χ2n) is 6.26. The van der Waals surface area contributed by atoms with E-state index in [9.17, 15) is 9.59 Å². The van der Waals surface area contributed by atoms with Crippen LogP contribution in [0.4, 0.5) is 5.69 Å². The first-order chi connectivity index (χ1) is 13.5. The number of nitrogens with one attached hydrogen (secondary N) is 1. The van der Waals surface area contributed by atoms with E-state index >= 15 is 0 Å². The second kappa shape index (κ2) is 7.51. The molecule has 0 aliphatic carbocycles. The van der Waals surface area contributed by atoms with Crippen molar-refractivity contribution < 1.29 is 23.2 Å². The number of nitrogens with zero attached hydrogens (tertiary/aromatic N) is 2. The number of benzene rings is 1. The molecular weight excluding hydrogens is 382 g/mol. The molecule has 1 aliphatic rings. The van der Waals surface area contributed by atoms with Gasteiger partial charge in [-0.2, -0.15) is 0 Å². The minimum Gasteiger partial charge on any atom is -0.466 e. The van der Waals surface area contributed by atoms with Gasteiger partial charge < -0.3 is 18.9 Å². The van der Waals surface area contributed by atoms with Gasteiger partial charge in [-0.25, -0.2) is 4.79 Å². The molecule has 1 N–H and O–H groups in total. The molecule has 28 heavy (non-hydrogen) atoms. The van der Waals surface area contributed by atoms with E-state index in [1.807, 2.05) is 13.8 Å². The average Bonchev–Trinajstić information content (AvgIpc) is 3.20. The molecule has 0 radical (unpaired) electrons. The fraction of sp³-hybridized carbons (Fsp3) is 0.263.